The molecule has 0 fully saturated rings. The maximum absolute atomic E-state index is 10.5. The highest BCUT2D eigenvalue weighted by Crippen LogP contribution is 2.20. The highest BCUT2D eigenvalue weighted by molar-refractivity contribution is 7.36. The lowest BCUT2D eigenvalue weighted by Crippen LogP contribution is -1.97. The van der Waals surface area contributed by atoms with Crippen molar-refractivity contribution in [2.24, 2.45) is 5.50 Å². The van der Waals surface area contributed by atoms with Crippen LogP contribution in [0.5, 0.6) is 5.75 Å². The van der Waals surface area contributed by atoms with Gasteiger partial charge in [0.05, 0.1) is 0 Å². The van der Waals surface area contributed by atoms with E-state index in [1.165, 1.54) is 0 Å². The van der Waals surface area contributed by atoms with Crippen LogP contribution >= 0.6 is 8.18 Å². The second-order valence-corrected chi connectivity index (χ2v) is 3.67. The first-order chi connectivity index (χ1) is 7.08. The summed E-state index contributed by atoms with van der Waals surface area (Å²) < 4.78 is 15.3. The van der Waals surface area contributed by atoms with Crippen LogP contribution in [0.4, 0.5) is 0 Å². The van der Waals surface area contributed by atoms with Crippen molar-refractivity contribution in [2.45, 2.75) is 12.8 Å². The lowest BCUT2D eigenvalue weighted by Gasteiger charge is -1.98. The molecule has 0 bridgehead atoms. The molecule has 0 radical (unpaired) electrons. The summed E-state index contributed by atoms with van der Waals surface area (Å²) in [5, 5.41) is 8.47. The predicted molar refractivity (Wildman–Crippen MR) is 54.8 cm³/mol. The van der Waals surface area contributed by atoms with Crippen LogP contribution in [0.15, 0.2) is 24.3 Å². The van der Waals surface area contributed by atoms with Gasteiger partial charge in [0, 0.05) is 11.0 Å². The Balaban J connectivity index is 2.56. The van der Waals surface area contributed by atoms with Gasteiger partial charge in [0.2, 0.25) is 0 Å². The molecule has 1 rings (SSSR count). The third-order valence-corrected chi connectivity index (χ3v) is 2.14. The lowest BCUT2D eigenvalue weighted by atomic mass is 10.1. The molecule has 6 heteroatoms. The number of carboxylic acids is 1. The largest absolute Gasteiger partial charge is 0.660 e. The van der Waals surface area contributed by atoms with E-state index in [1.54, 1.807) is 24.3 Å². The minimum absolute atomic E-state index is 0.0886. The van der Waals surface area contributed by atoms with Crippen molar-refractivity contribution in [3.63, 3.8) is 0 Å². The summed E-state index contributed by atoms with van der Waals surface area (Å²) in [5.41, 5.74) is 5.86. The van der Waals surface area contributed by atoms with Gasteiger partial charge in [-0.1, -0.05) is 17.6 Å². The van der Waals surface area contributed by atoms with Crippen LogP contribution in [-0.2, 0) is 15.8 Å². The van der Waals surface area contributed by atoms with E-state index in [2.05, 4.69) is 0 Å². The van der Waals surface area contributed by atoms with E-state index in [0.717, 1.165) is 5.56 Å². The topological polar surface area (TPSA) is 89.6 Å². The van der Waals surface area contributed by atoms with Gasteiger partial charge in [0.1, 0.15) is 0 Å². The highest BCUT2D eigenvalue weighted by Gasteiger charge is 2.10. The van der Waals surface area contributed by atoms with E-state index in [4.69, 9.17) is 15.1 Å². The Morgan fingerprint density at radius 1 is 1.40 bits per heavy atom. The molecule has 5 nitrogen and oxygen atoms in total. The second kappa shape index (κ2) is 5.44. The van der Waals surface area contributed by atoms with Crippen LogP contribution in [0.2, 0.25) is 0 Å². The smallest absolute Gasteiger partial charge is 0.481 e. The summed E-state index contributed by atoms with van der Waals surface area (Å²) in [5.74, 6) is -0.418. The summed E-state index contributed by atoms with van der Waals surface area (Å²) in [7, 11) is -2.15. The van der Waals surface area contributed by atoms with Gasteiger partial charge in [-0.3, -0.25) is 4.79 Å². The molecular formula is C9H11NO4P+. The highest BCUT2D eigenvalue weighted by atomic mass is 31.1. The fourth-order valence-electron chi connectivity index (χ4n) is 1.07. The Labute approximate surface area is 87.8 Å². The summed E-state index contributed by atoms with van der Waals surface area (Å²) in [6.07, 6.45) is 0.551. The van der Waals surface area contributed by atoms with E-state index in [1.807, 2.05) is 0 Å². The molecule has 1 aromatic carbocycles. The third kappa shape index (κ3) is 4.54. The van der Waals surface area contributed by atoms with Crippen LogP contribution in [0.25, 0.3) is 0 Å². The number of aryl methyl sites for hydroxylation is 1. The SMILES string of the molecule is N[P+](=O)Oc1ccc(CCC(=O)O)cc1. The first kappa shape index (κ1) is 11.6. The molecule has 15 heavy (non-hydrogen) atoms. The Kier molecular flexibility index (Phi) is 4.21. The molecule has 1 aromatic rings. The van der Waals surface area contributed by atoms with Crippen LogP contribution in [-0.4, -0.2) is 11.1 Å². The first-order valence-electron chi connectivity index (χ1n) is 4.28. The molecule has 0 aliphatic heterocycles. The summed E-state index contributed by atoms with van der Waals surface area (Å²) >= 11 is 0. The van der Waals surface area contributed by atoms with Crippen molar-refractivity contribution in [3.8, 4) is 5.75 Å². The third-order valence-electron chi connectivity index (χ3n) is 1.75. The quantitative estimate of drug-likeness (QED) is 0.748. The van der Waals surface area contributed by atoms with Crippen molar-refractivity contribution in [2.75, 3.05) is 0 Å². The van der Waals surface area contributed by atoms with Crippen molar-refractivity contribution in [1.29, 1.82) is 0 Å². The van der Waals surface area contributed by atoms with Gasteiger partial charge in [-0.25, -0.2) is 4.52 Å². The van der Waals surface area contributed by atoms with Crippen LogP contribution in [0.3, 0.4) is 0 Å². The van der Waals surface area contributed by atoms with Crippen molar-refractivity contribution < 1.29 is 19.0 Å². The van der Waals surface area contributed by atoms with Gasteiger partial charge >= 0.3 is 14.1 Å². The van der Waals surface area contributed by atoms with Gasteiger partial charge in [-0.2, -0.15) is 0 Å². The zero-order valence-corrected chi connectivity index (χ0v) is 8.81. The van der Waals surface area contributed by atoms with Crippen molar-refractivity contribution in [3.05, 3.63) is 29.8 Å². The fourth-order valence-corrected chi connectivity index (χ4v) is 1.40. The minimum atomic E-state index is -2.15. The Morgan fingerprint density at radius 3 is 2.47 bits per heavy atom. The maximum Gasteiger partial charge on any atom is 0.660 e. The Bertz CT molecular complexity index is 363. The fraction of sp³-hybridized carbons (Fsp3) is 0.222. The molecule has 0 aliphatic carbocycles. The van der Waals surface area contributed by atoms with Crippen molar-refractivity contribution >= 4 is 14.1 Å². The molecule has 0 heterocycles. The van der Waals surface area contributed by atoms with Crippen molar-refractivity contribution in [1.82, 2.24) is 0 Å². The molecule has 0 aromatic heterocycles. The number of aliphatic carboxylic acids is 1. The lowest BCUT2D eigenvalue weighted by molar-refractivity contribution is -0.136. The van der Waals surface area contributed by atoms with Gasteiger partial charge < -0.3 is 5.11 Å². The average molecular weight is 228 g/mol. The van der Waals surface area contributed by atoms with E-state index in [9.17, 15) is 9.36 Å². The Morgan fingerprint density at radius 2 is 2.00 bits per heavy atom. The van der Waals surface area contributed by atoms with Gasteiger partial charge in [0.15, 0.2) is 5.75 Å². The van der Waals surface area contributed by atoms with Gasteiger partial charge in [0.25, 0.3) is 0 Å². The molecule has 0 saturated carbocycles. The van der Waals surface area contributed by atoms with E-state index in [-0.39, 0.29) is 6.42 Å². The van der Waals surface area contributed by atoms with E-state index < -0.39 is 14.1 Å². The monoisotopic (exact) mass is 228 g/mol. The molecule has 0 amide bonds. The molecule has 1 atom stereocenters. The Hall–Kier alpha value is -1.45. The summed E-state index contributed by atoms with van der Waals surface area (Å²) in [6.45, 7) is 0. The average Bonchev–Trinajstić information content (AvgIpc) is 2.16. The minimum Gasteiger partial charge on any atom is -0.481 e. The normalized spacial score (nSPS) is 10.9. The number of nitrogens with two attached hydrogens (primary N) is 1. The number of benzene rings is 1. The first-order valence-corrected chi connectivity index (χ1v) is 5.53. The van der Waals surface area contributed by atoms with Crippen LogP contribution in [0.1, 0.15) is 12.0 Å². The van der Waals surface area contributed by atoms with E-state index in [0.29, 0.717) is 12.2 Å². The molecule has 0 aliphatic rings. The second-order valence-electron chi connectivity index (χ2n) is 2.91. The molecule has 3 N–H and O–H groups in total. The summed E-state index contributed by atoms with van der Waals surface area (Å²) in [4.78, 5) is 10.3. The van der Waals surface area contributed by atoms with Crippen LogP contribution in [0, 0.1) is 0 Å². The molecular weight excluding hydrogens is 217 g/mol. The number of rotatable bonds is 5. The molecule has 0 saturated heterocycles. The molecule has 80 valence electrons. The number of carbonyl (C=O) groups is 1. The predicted octanol–water partition coefficient (Wildman–Crippen LogP) is 1.70. The molecule has 1 unspecified atom stereocenters. The number of hydrogen-bond acceptors (Lipinski definition) is 3. The summed E-state index contributed by atoms with van der Waals surface area (Å²) in [6, 6.07) is 6.66. The zero-order valence-electron chi connectivity index (χ0n) is 7.92. The van der Waals surface area contributed by atoms with E-state index >= 15 is 0 Å². The zero-order chi connectivity index (χ0) is 11.3. The standard InChI is InChI=1S/C9H10NO4P/c10-15(13)14-8-4-1-7(2-5-8)3-6-9(11)12/h1-2,4-5H,3,6H2,(H2-,10,11,12,13)/p+1. The molecule has 0 spiro atoms. The maximum atomic E-state index is 10.5. The van der Waals surface area contributed by atoms with Gasteiger partial charge in [-0.05, 0) is 24.1 Å². The number of hydrogen-bond donors (Lipinski definition) is 2. The number of carboxylic acid groups (broad SMARTS) is 1. The van der Waals surface area contributed by atoms with Gasteiger partial charge in [-0.15, -0.1) is 0 Å². The van der Waals surface area contributed by atoms with Crippen LogP contribution < -0.4 is 10.0 Å².